The van der Waals surface area contributed by atoms with Crippen LogP contribution in [0.4, 0.5) is 0 Å². The van der Waals surface area contributed by atoms with Gasteiger partial charge >= 0.3 is 0 Å². The summed E-state index contributed by atoms with van der Waals surface area (Å²) < 4.78 is 28.6. The Balaban J connectivity index is 1.07. The number of rotatable bonds is 5. The molecule has 1 amide bonds. The fourth-order valence-corrected chi connectivity index (χ4v) is 7.93. The number of carbonyl (C=O) groups excluding carboxylic acids is 1. The van der Waals surface area contributed by atoms with Gasteiger partial charge in [0.25, 0.3) is 10.0 Å². The zero-order valence-electron chi connectivity index (χ0n) is 17.8. The molecule has 5 rings (SSSR count). The summed E-state index contributed by atoms with van der Waals surface area (Å²) in [4.78, 5) is 19.7. The second-order valence-electron chi connectivity index (χ2n) is 8.97. The molecule has 1 saturated carbocycles. The number of amidine groups is 1. The van der Waals surface area contributed by atoms with E-state index >= 15 is 0 Å². The number of fused-ring (bicyclic) bond motifs is 1. The van der Waals surface area contributed by atoms with Crippen LogP contribution in [-0.2, 0) is 14.8 Å². The second kappa shape index (κ2) is 8.41. The summed E-state index contributed by atoms with van der Waals surface area (Å²) in [6.07, 6.45) is 6.65. The monoisotopic (exact) mass is 462 g/mol. The highest BCUT2D eigenvalue weighted by atomic mass is 32.2. The van der Waals surface area contributed by atoms with E-state index in [1.807, 2.05) is 23.9 Å². The van der Waals surface area contributed by atoms with Crippen LogP contribution >= 0.6 is 11.8 Å². The standard InChI is InChI=1S/C22H30N4O3S2/c27-21-22(9-3-4-10-22)30-17-26(21)12-6-5-11-24-13-15-25(16-14-24)20-18-7-1-2-8-19(18)31(28,29)23-20/h1-2,7-8H,3-6,9-17H2. The maximum atomic E-state index is 12.8. The molecule has 1 spiro atoms. The smallest absolute Gasteiger partial charge is 0.285 e. The molecule has 168 valence electrons. The molecule has 9 heteroatoms. The summed E-state index contributed by atoms with van der Waals surface area (Å²) in [6, 6.07) is 7.09. The van der Waals surface area contributed by atoms with E-state index in [4.69, 9.17) is 0 Å². The first kappa shape index (κ1) is 21.3. The highest BCUT2D eigenvalue weighted by Crippen LogP contribution is 2.47. The predicted molar refractivity (Wildman–Crippen MR) is 123 cm³/mol. The van der Waals surface area contributed by atoms with Crippen LogP contribution in [0.3, 0.4) is 0 Å². The fourth-order valence-electron chi connectivity index (χ4n) is 5.22. The average molecular weight is 463 g/mol. The lowest BCUT2D eigenvalue weighted by Gasteiger charge is -2.35. The van der Waals surface area contributed by atoms with Gasteiger partial charge in [0, 0.05) is 38.3 Å². The number of nitrogens with zero attached hydrogens (tertiary/aromatic N) is 4. The van der Waals surface area contributed by atoms with Gasteiger partial charge in [-0.1, -0.05) is 25.0 Å². The Kier molecular flexibility index (Phi) is 5.77. The molecular formula is C22H30N4O3S2. The molecule has 3 heterocycles. The van der Waals surface area contributed by atoms with Crippen molar-refractivity contribution in [3.05, 3.63) is 29.8 Å². The van der Waals surface area contributed by atoms with Crippen molar-refractivity contribution in [2.45, 2.75) is 48.2 Å². The number of thioether (sulfide) groups is 1. The number of hydrogen-bond acceptors (Lipinski definition) is 6. The highest BCUT2D eigenvalue weighted by molar-refractivity contribution is 8.01. The van der Waals surface area contributed by atoms with Crippen molar-refractivity contribution in [2.24, 2.45) is 4.40 Å². The molecule has 3 aliphatic heterocycles. The van der Waals surface area contributed by atoms with E-state index in [1.54, 1.807) is 12.1 Å². The molecule has 0 unspecified atom stereocenters. The fraction of sp³-hybridized carbons (Fsp3) is 0.636. The van der Waals surface area contributed by atoms with Crippen LogP contribution < -0.4 is 0 Å². The quantitative estimate of drug-likeness (QED) is 0.626. The molecule has 1 aliphatic carbocycles. The van der Waals surface area contributed by atoms with Gasteiger partial charge in [-0.3, -0.25) is 9.69 Å². The molecule has 2 saturated heterocycles. The number of hydrogen-bond donors (Lipinski definition) is 0. The van der Waals surface area contributed by atoms with Crippen molar-refractivity contribution in [3.8, 4) is 0 Å². The Labute approximate surface area is 188 Å². The Morgan fingerprint density at radius 1 is 1.00 bits per heavy atom. The van der Waals surface area contributed by atoms with Crippen LogP contribution in [-0.4, -0.2) is 84.8 Å². The van der Waals surface area contributed by atoms with Crippen LogP contribution in [0.1, 0.15) is 44.1 Å². The summed E-state index contributed by atoms with van der Waals surface area (Å²) >= 11 is 1.87. The van der Waals surface area contributed by atoms with Crippen molar-refractivity contribution < 1.29 is 13.2 Å². The summed E-state index contributed by atoms with van der Waals surface area (Å²) in [5.41, 5.74) is 0.726. The molecule has 0 bridgehead atoms. The van der Waals surface area contributed by atoms with E-state index in [2.05, 4.69) is 19.1 Å². The van der Waals surface area contributed by atoms with E-state index < -0.39 is 10.0 Å². The number of unbranched alkanes of at least 4 members (excludes halogenated alkanes) is 1. The van der Waals surface area contributed by atoms with E-state index in [9.17, 15) is 13.2 Å². The van der Waals surface area contributed by atoms with Crippen molar-refractivity contribution in [2.75, 3.05) is 45.1 Å². The van der Waals surface area contributed by atoms with Crippen LogP contribution in [0.5, 0.6) is 0 Å². The molecule has 0 aromatic heterocycles. The van der Waals surface area contributed by atoms with Crippen LogP contribution in [0.15, 0.2) is 33.6 Å². The van der Waals surface area contributed by atoms with Crippen molar-refractivity contribution in [3.63, 3.8) is 0 Å². The normalized spacial score (nSPS) is 24.8. The minimum absolute atomic E-state index is 0.0780. The van der Waals surface area contributed by atoms with Gasteiger partial charge in [0.1, 0.15) is 4.90 Å². The number of benzene rings is 1. The van der Waals surface area contributed by atoms with Gasteiger partial charge in [0.05, 0.1) is 10.6 Å². The summed E-state index contributed by atoms with van der Waals surface area (Å²) in [5, 5.41) is 0. The molecule has 4 aliphatic rings. The molecule has 0 radical (unpaired) electrons. The minimum Gasteiger partial charge on any atom is -0.353 e. The van der Waals surface area contributed by atoms with Gasteiger partial charge in [-0.15, -0.1) is 16.2 Å². The highest BCUT2D eigenvalue weighted by Gasteiger charge is 2.48. The van der Waals surface area contributed by atoms with Crippen molar-refractivity contribution in [1.29, 1.82) is 0 Å². The average Bonchev–Trinajstić information content (AvgIpc) is 3.45. The van der Waals surface area contributed by atoms with Gasteiger partial charge in [-0.05, 0) is 44.4 Å². The van der Waals surface area contributed by atoms with Crippen LogP contribution in [0, 0.1) is 0 Å². The lowest BCUT2D eigenvalue weighted by Crippen LogP contribution is -2.48. The van der Waals surface area contributed by atoms with Crippen LogP contribution in [0.2, 0.25) is 0 Å². The Morgan fingerprint density at radius 3 is 2.48 bits per heavy atom. The summed E-state index contributed by atoms with van der Waals surface area (Å²) in [6.45, 7) is 5.28. The Bertz CT molecular complexity index is 980. The third kappa shape index (κ3) is 4.00. The molecule has 3 fully saturated rings. The molecule has 31 heavy (non-hydrogen) atoms. The zero-order valence-corrected chi connectivity index (χ0v) is 19.5. The van der Waals surface area contributed by atoms with Crippen molar-refractivity contribution in [1.82, 2.24) is 14.7 Å². The van der Waals surface area contributed by atoms with Gasteiger partial charge in [-0.2, -0.15) is 8.42 Å². The maximum Gasteiger partial charge on any atom is 0.285 e. The van der Waals surface area contributed by atoms with Gasteiger partial charge in [-0.25, -0.2) is 0 Å². The first-order chi connectivity index (χ1) is 15.0. The lowest BCUT2D eigenvalue weighted by molar-refractivity contribution is -0.131. The third-order valence-electron chi connectivity index (χ3n) is 7.02. The molecule has 0 N–H and O–H groups in total. The van der Waals surface area contributed by atoms with Gasteiger partial charge in [0.2, 0.25) is 5.91 Å². The van der Waals surface area contributed by atoms with E-state index in [-0.39, 0.29) is 4.75 Å². The van der Waals surface area contributed by atoms with Gasteiger partial charge < -0.3 is 9.80 Å². The van der Waals surface area contributed by atoms with Gasteiger partial charge in [0.15, 0.2) is 5.84 Å². The number of amides is 1. The SMILES string of the molecule is O=C1N(CCCCN2CCN(C3=NS(=O)(=O)c4ccccc43)CC2)CSC12CCCC2. The zero-order chi connectivity index (χ0) is 21.5. The molecular weight excluding hydrogens is 432 g/mol. The number of sulfonamides is 1. The predicted octanol–water partition coefficient (Wildman–Crippen LogP) is 2.38. The minimum atomic E-state index is -3.56. The first-order valence-corrected chi connectivity index (χ1v) is 13.8. The number of carbonyl (C=O) groups is 1. The van der Waals surface area contributed by atoms with Crippen molar-refractivity contribution >= 4 is 33.5 Å². The Morgan fingerprint density at radius 2 is 1.71 bits per heavy atom. The Hall–Kier alpha value is -1.58. The maximum absolute atomic E-state index is 12.8. The topological polar surface area (TPSA) is 73.3 Å². The molecule has 1 aromatic carbocycles. The van der Waals surface area contributed by atoms with Crippen LogP contribution in [0.25, 0.3) is 0 Å². The lowest BCUT2D eigenvalue weighted by atomic mass is 10.1. The first-order valence-electron chi connectivity index (χ1n) is 11.3. The molecule has 1 aromatic rings. The number of piperazine rings is 1. The summed E-state index contributed by atoms with van der Waals surface area (Å²) in [7, 11) is -3.56. The molecule has 0 atom stereocenters. The van der Waals surface area contributed by atoms with E-state index in [0.29, 0.717) is 16.6 Å². The molecule has 7 nitrogen and oxygen atoms in total. The third-order valence-corrected chi connectivity index (χ3v) is 9.92. The van der Waals surface area contributed by atoms with E-state index in [1.165, 1.54) is 12.8 Å². The largest absolute Gasteiger partial charge is 0.353 e. The second-order valence-corrected chi connectivity index (χ2v) is 11.9. The summed E-state index contributed by atoms with van der Waals surface area (Å²) in [5.74, 6) is 1.85. The van der Waals surface area contributed by atoms with E-state index in [0.717, 1.165) is 76.4 Å².